The van der Waals surface area contributed by atoms with Gasteiger partial charge in [-0.25, -0.2) is 0 Å². The van der Waals surface area contributed by atoms with Gasteiger partial charge in [-0.1, -0.05) is 12.1 Å². The lowest BCUT2D eigenvalue weighted by atomic mass is 10.2. The molecule has 1 N–H and O–H groups in total. The van der Waals surface area contributed by atoms with E-state index in [1.54, 1.807) is 0 Å². The minimum atomic E-state index is 0. The largest absolute Gasteiger partial charge is 0.492 e. The fourth-order valence-electron chi connectivity index (χ4n) is 2.38. The van der Waals surface area contributed by atoms with Gasteiger partial charge in [0.2, 0.25) is 0 Å². The highest BCUT2D eigenvalue weighted by molar-refractivity contribution is 5.85. The Morgan fingerprint density at radius 3 is 2.59 bits per heavy atom. The first-order chi connectivity index (χ1) is 9.74. The molecule has 22 heavy (non-hydrogen) atoms. The molecular weight excluding hydrogens is 321 g/mol. The first-order valence-corrected chi connectivity index (χ1v) is 7.55. The fourth-order valence-corrected chi connectivity index (χ4v) is 2.38. The van der Waals surface area contributed by atoms with Crippen molar-refractivity contribution in [2.75, 3.05) is 59.5 Å². The van der Waals surface area contributed by atoms with Crippen LogP contribution >= 0.6 is 24.8 Å². The zero-order chi connectivity index (χ0) is 14.2. The summed E-state index contributed by atoms with van der Waals surface area (Å²) >= 11 is 0. The lowest BCUT2D eigenvalue weighted by Gasteiger charge is -2.29. The van der Waals surface area contributed by atoms with E-state index in [-0.39, 0.29) is 24.8 Å². The van der Waals surface area contributed by atoms with Crippen molar-refractivity contribution in [2.45, 2.75) is 6.92 Å². The quantitative estimate of drug-likeness (QED) is 0.815. The van der Waals surface area contributed by atoms with Gasteiger partial charge in [-0.15, -0.1) is 24.8 Å². The van der Waals surface area contributed by atoms with Crippen LogP contribution in [0, 0.1) is 6.92 Å². The highest BCUT2D eigenvalue weighted by Gasteiger charge is 2.09. The summed E-state index contributed by atoms with van der Waals surface area (Å²) in [6.07, 6.45) is 0. The molecule has 0 bridgehead atoms. The lowest BCUT2D eigenvalue weighted by Crippen LogP contribution is -2.46. The Morgan fingerprint density at radius 2 is 1.91 bits per heavy atom. The van der Waals surface area contributed by atoms with Gasteiger partial charge in [0.1, 0.15) is 12.4 Å². The molecule has 1 saturated heterocycles. The van der Waals surface area contributed by atoms with E-state index in [1.165, 1.54) is 18.7 Å². The summed E-state index contributed by atoms with van der Waals surface area (Å²) in [6, 6.07) is 8.24. The maximum Gasteiger partial charge on any atom is 0.119 e. The average Bonchev–Trinajstić information content (AvgIpc) is 2.46. The predicted octanol–water partition coefficient (Wildman–Crippen LogP) is 2.05. The van der Waals surface area contributed by atoms with Crippen LogP contribution in [0.2, 0.25) is 0 Å². The normalized spacial score (nSPS) is 15.0. The van der Waals surface area contributed by atoms with Gasteiger partial charge in [0.15, 0.2) is 0 Å². The molecular formula is C16H29Cl2N3O. The summed E-state index contributed by atoms with van der Waals surface area (Å²) < 4.78 is 5.78. The molecule has 128 valence electrons. The van der Waals surface area contributed by atoms with Crippen molar-refractivity contribution < 1.29 is 4.74 Å². The van der Waals surface area contributed by atoms with Crippen LogP contribution in [0.15, 0.2) is 24.3 Å². The van der Waals surface area contributed by atoms with Crippen molar-refractivity contribution in [3.05, 3.63) is 29.8 Å². The Morgan fingerprint density at radius 1 is 1.18 bits per heavy atom. The summed E-state index contributed by atoms with van der Waals surface area (Å²) in [5, 5.41) is 3.38. The maximum atomic E-state index is 5.78. The molecule has 1 aromatic carbocycles. The van der Waals surface area contributed by atoms with Crippen LogP contribution in [0.5, 0.6) is 5.75 Å². The van der Waals surface area contributed by atoms with Crippen molar-refractivity contribution in [3.8, 4) is 5.75 Å². The number of aryl methyl sites for hydroxylation is 1. The van der Waals surface area contributed by atoms with Gasteiger partial charge in [-0.05, 0) is 31.7 Å². The molecule has 0 aromatic heterocycles. The number of nitrogens with zero attached hydrogens (tertiary/aromatic N) is 2. The van der Waals surface area contributed by atoms with Crippen LogP contribution < -0.4 is 10.1 Å². The van der Waals surface area contributed by atoms with Gasteiger partial charge >= 0.3 is 0 Å². The van der Waals surface area contributed by atoms with Crippen LogP contribution in [0.25, 0.3) is 0 Å². The molecule has 0 radical (unpaired) electrons. The fraction of sp³-hybridized carbons (Fsp3) is 0.625. The number of piperazine rings is 1. The highest BCUT2D eigenvalue weighted by Crippen LogP contribution is 2.11. The molecule has 0 atom stereocenters. The molecule has 1 aliphatic heterocycles. The molecule has 1 fully saturated rings. The second-order valence-corrected chi connectivity index (χ2v) is 5.56. The zero-order valence-electron chi connectivity index (χ0n) is 13.6. The Hall–Kier alpha value is -0.520. The Bertz CT molecular complexity index is 401. The van der Waals surface area contributed by atoms with E-state index < -0.39 is 0 Å². The van der Waals surface area contributed by atoms with Crippen LogP contribution in [-0.2, 0) is 0 Å². The summed E-state index contributed by atoms with van der Waals surface area (Å²) in [6.45, 7) is 10.7. The monoisotopic (exact) mass is 349 g/mol. The minimum absolute atomic E-state index is 0. The summed E-state index contributed by atoms with van der Waals surface area (Å²) in [4.78, 5) is 4.87. The molecule has 1 heterocycles. The van der Waals surface area contributed by atoms with Crippen molar-refractivity contribution in [1.29, 1.82) is 0 Å². The molecule has 0 spiro atoms. The number of ether oxygens (including phenoxy) is 1. The van der Waals surface area contributed by atoms with Crippen LogP contribution in [-0.4, -0.2) is 69.3 Å². The topological polar surface area (TPSA) is 27.7 Å². The number of hydrogen-bond acceptors (Lipinski definition) is 4. The van der Waals surface area contributed by atoms with E-state index >= 15 is 0 Å². The molecule has 4 nitrogen and oxygen atoms in total. The third-order valence-corrected chi connectivity index (χ3v) is 3.74. The van der Waals surface area contributed by atoms with Crippen LogP contribution in [0.4, 0.5) is 0 Å². The number of halogens is 2. The first-order valence-electron chi connectivity index (χ1n) is 7.55. The van der Waals surface area contributed by atoms with Crippen molar-refractivity contribution in [2.24, 2.45) is 0 Å². The van der Waals surface area contributed by atoms with Crippen molar-refractivity contribution in [3.63, 3.8) is 0 Å². The number of hydrogen-bond donors (Lipinski definition) is 1. The SMILES string of the molecule is Cc1cccc(OCCN(C)CCN2CCNCC2)c1.Cl.Cl. The van der Waals surface area contributed by atoms with E-state index in [4.69, 9.17) is 4.74 Å². The van der Waals surface area contributed by atoms with Crippen molar-refractivity contribution in [1.82, 2.24) is 15.1 Å². The standard InChI is InChI=1S/C16H27N3O.2ClH/c1-15-4-3-5-16(14-15)20-13-12-18(2)10-11-19-8-6-17-7-9-19;;/h3-5,14,17H,6-13H2,1-2H3;2*1H. The van der Waals surface area contributed by atoms with E-state index in [1.807, 2.05) is 12.1 Å². The molecule has 1 aromatic rings. The Balaban J connectivity index is 0.00000220. The predicted molar refractivity (Wildman–Crippen MR) is 98.0 cm³/mol. The second kappa shape index (κ2) is 12.0. The lowest BCUT2D eigenvalue weighted by molar-refractivity contribution is 0.187. The van der Waals surface area contributed by atoms with Gasteiger partial charge in [0.05, 0.1) is 0 Å². The summed E-state index contributed by atoms with van der Waals surface area (Å²) in [5.74, 6) is 0.973. The summed E-state index contributed by atoms with van der Waals surface area (Å²) in [5.41, 5.74) is 1.24. The number of rotatable bonds is 7. The van der Waals surface area contributed by atoms with Crippen LogP contribution in [0.3, 0.4) is 0 Å². The molecule has 2 rings (SSSR count). The molecule has 1 aliphatic rings. The summed E-state index contributed by atoms with van der Waals surface area (Å²) in [7, 11) is 2.17. The van der Waals surface area contributed by atoms with Gasteiger partial charge in [-0.2, -0.15) is 0 Å². The third-order valence-electron chi connectivity index (χ3n) is 3.74. The molecule has 0 amide bonds. The Kier molecular flexibility index (Phi) is 11.7. The van der Waals surface area contributed by atoms with Gasteiger partial charge in [0, 0.05) is 45.8 Å². The smallest absolute Gasteiger partial charge is 0.119 e. The van der Waals surface area contributed by atoms with E-state index in [0.717, 1.165) is 45.1 Å². The molecule has 0 unspecified atom stereocenters. The van der Waals surface area contributed by atoms with Gasteiger partial charge in [-0.3, -0.25) is 4.90 Å². The second-order valence-electron chi connectivity index (χ2n) is 5.56. The van der Waals surface area contributed by atoms with Gasteiger partial charge < -0.3 is 15.0 Å². The Labute approximate surface area is 147 Å². The molecule has 6 heteroatoms. The van der Waals surface area contributed by atoms with Gasteiger partial charge in [0.25, 0.3) is 0 Å². The highest BCUT2D eigenvalue weighted by atomic mass is 35.5. The van der Waals surface area contributed by atoms with Crippen LogP contribution in [0.1, 0.15) is 5.56 Å². The first kappa shape index (κ1) is 21.5. The molecule has 0 saturated carbocycles. The number of likely N-dealkylation sites (N-methyl/N-ethyl adjacent to an activating group) is 1. The number of benzene rings is 1. The average molecular weight is 350 g/mol. The number of nitrogens with one attached hydrogen (secondary N) is 1. The zero-order valence-corrected chi connectivity index (χ0v) is 15.2. The van der Waals surface area contributed by atoms with Crippen molar-refractivity contribution >= 4 is 24.8 Å². The maximum absolute atomic E-state index is 5.78. The minimum Gasteiger partial charge on any atom is -0.492 e. The molecule has 0 aliphatic carbocycles. The van der Waals surface area contributed by atoms with E-state index in [2.05, 4.69) is 41.2 Å². The van der Waals surface area contributed by atoms with E-state index in [9.17, 15) is 0 Å². The third kappa shape index (κ3) is 8.20. The van der Waals surface area contributed by atoms with E-state index in [0.29, 0.717) is 0 Å².